The predicted octanol–water partition coefficient (Wildman–Crippen LogP) is 3.43. The second-order valence-corrected chi connectivity index (χ2v) is 5.05. The SMILES string of the molecule is CCC(CC)(C(CCCC(F)(F)F)NC)N(C)C. The van der Waals surface area contributed by atoms with E-state index in [0.29, 0.717) is 6.42 Å². The number of likely N-dealkylation sites (N-methyl/N-ethyl adjacent to an activating group) is 2. The Morgan fingerprint density at radius 3 is 1.89 bits per heavy atom. The molecule has 0 bridgehead atoms. The highest BCUT2D eigenvalue weighted by molar-refractivity contribution is 4.96. The van der Waals surface area contributed by atoms with Crippen molar-refractivity contribution in [3.63, 3.8) is 0 Å². The predicted molar refractivity (Wildman–Crippen MR) is 69.8 cm³/mol. The van der Waals surface area contributed by atoms with Crippen molar-refractivity contribution in [2.24, 2.45) is 0 Å². The summed E-state index contributed by atoms with van der Waals surface area (Å²) < 4.78 is 36.6. The highest BCUT2D eigenvalue weighted by atomic mass is 19.4. The number of halogens is 3. The summed E-state index contributed by atoms with van der Waals surface area (Å²) in [6.45, 7) is 4.19. The molecule has 0 radical (unpaired) electrons. The average molecular weight is 268 g/mol. The van der Waals surface area contributed by atoms with Gasteiger partial charge in [0.1, 0.15) is 0 Å². The van der Waals surface area contributed by atoms with Gasteiger partial charge in [-0.3, -0.25) is 0 Å². The van der Waals surface area contributed by atoms with E-state index < -0.39 is 12.6 Å². The van der Waals surface area contributed by atoms with Crippen molar-refractivity contribution in [3.05, 3.63) is 0 Å². The molecule has 0 rings (SSSR count). The maximum absolute atomic E-state index is 12.2. The summed E-state index contributed by atoms with van der Waals surface area (Å²) in [7, 11) is 5.84. The molecule has 0 saturated heterocycles. The van der Waals surface area contributed by atoms with Gasteiger partial charge in [-0.15, -0.1) is 0 Å². The first-order valence-electron chi connectivity index (χ1n) is 6.65. The third-order valence-corrected chi connectivity index (χ3v) is 4.07. The van der Waals surface area contributed by atoms with Crippen molar-refractivity contribution in [2.75, 3.05) is 21.1 Å². The lowest BCUT2D eigenvalue weighted by atomic mass is 9.81. The van der Waals surface area contributed by atoms with Crippen LogP contribution in [-0.2, 0) is 0 Å². The number of alkyl halides is 3. The summed E-state index contributed by atoms with van der Waals surface area (Å²) in [5.74, 6) is 0. The Morgan fingerprint density at radius 1 is 1.11 bits per heavy atom. The summed E-state index contributed by atoms with van der Waals surface area (Å²) in [5.41, 5.74) is -0.0691. The molecular weight excluding hydrogens is 241 g/mol. The Kier molecular flexibility index (Phi) is 7.22. The molecule has 2 nitrogen and oxygen atoms in total. The van der Waals surface area contributed by atoms with Gasteiger partial charge in [-0.25, -0.2) is 0 Å². The first kappa shape index (κ1) is 17.7. The van der Waals surface area contributed by atoms with Crippen molar-refractivity contribution in [1.29, 1.82) is 0 Å². The summed E-state index contributed by atoms with van der Waals surface area (Å²) >= 11 is 0. The monoisotopic (exact) mass is 268 g/mol. The Morgan fingerprint density at radius 2 is 1.61 bits per heavy atom. The standard InChI is InChI=1S/C13H27F3N2/c1-6-12(7-2,18(4)5)11(17-3)9-8-10-13(14,15)16/h11,17H,6-10H2,1-5H3. The number of nitrogens with one attached hydrogen (secondary N) is 1. The van der Waals surface area contributed by atoms with E-state index in [1.807, 2.05) is 21.1 Å². The first-order chi connectivity index (χ1) is 8.23. The topological polar surface area (TPSA) is 15.3 Å². The molecule has 110 valence electrons. The smallest absolute Gasteiger partial charge is 0.315 e. The molecule has 0 saturated carbocycles. The van der Waals surface area contributed by atoms with Gasteiger partial charge in [0, 0.05) is 18.0 Å². The molecule has 18 heavy (non-hydrogen) atoms. The van der Waals surface area contributed by atoms with Gasteiger partial charge in [-0.2, -0.15) is 13.2 Å². The van der Waals surface area contributed by atoms with Crippen LogP contribution in [0, 0.1) is 0 Å². The zero-order valence-electron chi connectivity index (χ0n) is 12.2. The molecule has 0 spiro atoms. The molecular formula is C13H27F3N2. The van der Waals surface area contributed by atoms with Crippen molar-refractivity contribution in [3.8, 4) is 0 Å². The van der Waals surface area contributed by atoms with E-state index in [9.17, 15) is 13.2 Å². The third kappa shape index (κ3) is 4.76. The van der Waals surface area contributed by atoms with E-state index in [0.717, 1.165) is 12.8 Å². The lowest BCUT2D eigenvalue weighted by Gasteiger charge is -2.45. The van der Waals surface area contributed by atoms with E-state index in [-0.39, 0.29) is 18.0 Å². The highest BCUT2D eigenvalue weighted by Gasteiger charge is 2.37. The molecule has 0 aromatic rings. The van der Waals surface area contributed by atoms with E-state index in [1.165, 1.54) is 0 Å². The summed E-state index contributed by atoms with van der Waals surface area (Å²) in [6, 6.07) is 0.0878. The fraction of sp³-hybridized carbons (Fsp3) is 1.00. The minimum Gasteiger partial charge on any atom is -0.315 e. The lowest BCUT2D eigenvalue weighted by molar-refractivity contribution is -0.136. The Hall–Kier alpha value is -0.290. The van der Waals surface area contributed by atoms with Crippen molar-refractivity contribution < 1.29 is 13.2 Å². The maximum atomic E-state index is 12.2. The van der Waals surface area contributed by atoms with Crippen LogP contribution in [0.15, 0.2) is 0 Å². The first-order valence-corrected chi connectivity index (χ1v) is 6.65. The van der Waals surface area contributed by atoms with Gasteiger partial charge >= 0.3 is 6.18 Å². The maximum Gasteiger partial charge on any atom is 0.389 e. The van der Waals surface area contributed by atoms with Crippen LogP contribution in [0.3, 0.4) is 0 Å². The molecule has 1 N–H and O–H groups in total. The number of nitrogens with zero attached hydrogens (tertiary/aromatic N) is 1. The molecule has 0 aromatic heterocycles. The van der Waals surface area contributed by atoms with Crippen molar-refractivity contribution >= 4 is 0 Å². The Balaban J connectivity index is 4.62. The quantitative estimate of drug-likeness (QED) is 0.725. The highest BCUT2D eigenvalue weighted by Crippen LogP contribution is 2.30. The van der Waals surface area contributed by atoms with Crippen LogP contribution >= 0.6 is 0 Å². The molecule has 0 heterocycles. The second kappa shape index (κ2) is 7.34. The zero-order chi connectivity index (χ0) is 14.4. The van der Waals surface area contributed by atoms with Gasteiger partial charge in [0.2, 0.25) is 0 Å². The van der Waals surface area contributed by atoms with Crippen LogP contribution in [0.2, 0.25) is 0 Å². The van der Waals surface area contributed by atoms with Crippen LogP contribution in [0.1, 0.15) is 46.0 Å². The zero-order valence-corrected chi connectivity index (χ0v) is 12.2. The van der Waals surface area contributed by atoms with E-state index in [2.05, 4.69) is 24.1 Å². The largest absolute Gasteiger partial charge is 0.389 e. The van der Waals surface area contributed by atoms with Gasteiger partial charge in [0.15, 0.2) is 0 Å². The summed E-state index contributed by atoms with van der Waals surface area (Å²) in [6.07, 6.45) is -2.15. The van der Waals surface area contributed by atoms with Crippen LogP contribution in [0.4, 0.5) is 13.2 Å². The molecule has 1 atom stereocenters. The van der Waals surface area contributed by atoms with Crippen molar-refractivity contribution in [1.82, 2.24) is 10.2 Å². The van der Waals surface area contributed by atoms with Crippen molar-refractivity contribution in [2.45, 2.75) is 63.7 Å². The van der Waals surface area contributed by atoms with E-state index in [4.69, 9.17) is 0 Å². The van der Waals surface area contributed by atoms with Gasteiger partial charge < -0.3 is 10.2 Å². The minimum absolute atomic E-state index is 0.0691. The van der Waals surface area contributed by atoms with Gasteiger partial charge in [0.25, 0.3) is 0 Å². The normalized spacial score (nSPS) is 15.2. The second-order valence-electron chi connectivity index (χ2n) is 5.05. The van der Waals surface area contributed by atoms with Crippen LogP contribution in [-0.4, -0.2) is 43.8 Å². The molecule has 0 aromatic carbocycles. The van der Waals surface area contributed by atoms with Crippen LogP contribution in [0.25, 0.3) is 0 Å². The van der Waals surface area contributed by atoms with E-state index >= 15 is 0 Å². The van der Waals surface area contributed by atoms with Crippen LogP contribution < -0.4 is 5.32 Å². The average Bonchev–Trinajstić information content (AvgIpc) is 2.26. The van der Waals surface area contributed by atoms with Gasteiger partial charge in [-0.05, 0) is 46.8 Å². The van der Waals surface area contributed by atoms with Gasteiger partial charge in [0.05, 0.1) is 0 Å². The Labute approximate surface area is 109 Å². The summed E-state index contributed by atoms with van der Waals surface area (Å²) in [5, 5.41) is 3.20. The molecule has 0 fully saturated rings. The number of hydrogen-bond donors (Lipinski definition) is 1. The molecule has 0 aliphatic heterocycles. The van der Waals surface area contributed by atoms with E-state index in [1.54, 1.807) is 0 Å². The van der Waals surface area contributed by atoms with Crippen LogP contribution in [0.5, 0.6) is 0 Å². The minimum atomic E-state index is -4.04. The molecule has 5 heteroatoms. The Bertz CT molecular complexity index is 223. The lowest BCUT2D eigenvalue weighted by Crippen LogP contribution is -2.57. The summed E-state index contributed by atoms with van der Waals surface area (Å²) in [4.78, 5) is 2.14. The number of rotatable bonds is 8. The fourth-order valence-corrected chi connectivity index (χ4v) is 2.88. The molecule has 0 aliphatic carbocycles. The fourth-order valence-electron chi connectivity index (χ4n) is 2.88. The van der Waals surface area contributed by atoms with Gasteiger partial charge in [-0.1, -0.05) is 13.8 Å². The third-order valence-electron chi connectivity index (χ3n) is 4.07. The molecule has 1 unspecified atom stereocenters. The molecule has 0 aliphatic rings. The molecule has 0 amide bonds. The number of hydrogen-bond acceptors (Lipinski definition) is 2.